The van der Waals surface area contributed by atoms with Gasteiger partial charge < -0.3 is 25.1 Å². The minimum Gasteiger partial charge on any atom is -0.434 e. The van der Waals surface area contributed by atoms with Crippen LogP contribution in [-0.4, -0.2) is 55.7 Å². The Morgan fingerprint density at radius 1 is 1.19 bits per heavy atom. The van der Waals surface area contributed by atoms with E-state index in [0.717, 1.165) is 30.6 Å². The number of rotatable bonds is 7. The van der Waals surface area contributed by atoms with E-state index < -0.39 is 30.2 Å². The molecule has 3 N–H and O–H groups in total. The van der Waals surface area contributed by atoms with Gasteiger partial charge in [-0.25, -0.2) is 9.78 Å². The summed E-state index contributed by atoms with van der Waals surface area (Å²) < 4.78 is 31.9. The molecule has 36 heavy (non-hydrogen) atoms. The molecule has 0 spiro atoms. The van der Waals surface area contributed by atoms with E-state index in [9.17, 15) is 14.3 Å². The Morgan fingerprint density at radius 3 is 2.58 bits per heavy atom. The zero-order valence-electron chi connectivity index (χ0n) is 20.6. The number of carbonyl (C=O) groups is 1. The first-order valence-electron chi connectivity index (χ1n) is 13.0. The third-order valence-electron chi connectivity index (χ3n) is 8.98. The summed E-state index contributed by atoms with van der Waals surface area (Å²) in [5.41, 5.74) is 5.43. The third-order valence-corrected chi connectivity index (χ3v) is 8.98. The summed E-state index contributed by atoms with van der Waals surface area (Å²) in [6, 6.07) is 0. The van der Waals surface area contributed by atoms with Gasteiger partial charge in [-0.1, -0.05) is 0 Å². The van der Waals surface area contributed by atoms with Gasteiger partial charge in [0.1, 0.15) is 18.4 Å². The van der Waals surface area contributed by atoms with E-state index in [2.05, 4.69) is 15.0 Å². The Kier molecular flexibility index (Phi) is 5.82. The zero-order chi connectivity index (χ0) is 25.1. The number of hydrogen-bond donors (Lipinski definition) is 2. The molecule has 0 unspecified atom stereocenters. The van der Waals surface area contributed by atoms with E-state index in [0.29, 0.717) is 12.0 Å². The quantitative estimate of drug-likeness (QED) is 0.329. The highest BCUT2D eigenvalue weighted by Gasteiger charge is 2.50. The van der Waals surface area contributed by atoms with Crippen LogP contribution in [0.5, 0.6) is 0 Å². The summed E-state index contributed by atoms with van der Waals surface area (Å²) in [6.45, 7) is 1.80. The second-order valence-corrected chi connectivity index (χ2v) is 11.7. The van der Waals surface area contributed by atoms with Crippen molar-refractivity contribution in [3.63, 3.8) is 0 Å². The molecule has 5 aliphatic rings. The maximum atomic E-state index is 13.7. The van der Waals surface area contributed by atoms with Gasteiger partial charge in [0.05, 0.1) is 19.0 Å². The molecule has 3 atom stereocenters. The summed E-state index contributed by atoms with van der Waals surface area (Å²) >= 11 is 0. The standard InChI is InChI=1S/C25H34FN5O5/c1-24(17(32)8-18(36-24)31-13-28-19-20(27)29-22(26)30-21(19)31)12-35-23(33)34-4-2-3-25-9-14-5-15(10-25)7-16(6-14)11-25/h13-18,32H,2-12H2,1H3,(H2,27,29,30)/t14?,15?,16?,17-,18+,24+,25?/m0/s1. The first kappa shape index (κ1) is 23.8. The number of aliphatic hydroxyl groups is 1. The second kappa shape index (κ2) is 8.79. The number of anilines is 1. The summed E-state index contributed by atoms with van der Waals surface area (Å²) in [5, 5.41) is 10.7. The predicted molar refractivity (Wildman–Crippen MR) is 126 cm³/mol. The molecule has 4 bridgehead atoms. The van der Waals surface area contributed by atoms with E-state index in [1.807, 2.05) is 0 Å². The van der Waals surface area contributed by atoms with E-state index in [4.69, 9.17) is 19.9 Å². The van der Waals surface area contributed by atoms with Gasteiger partial charge in [0, 0.05) is 6.42 Å². The van der Waals surface area contributed by atoms with Gasteiger partial charge in [-0.15, -0.1) is 0 Å². The average Bonchev–Trinajstić information content (AvgIpc) is 3.35. The van der Waals surface area contributed by atoms with Crippen molar-refractivity contribution in [2.75, 3.05) is 18.9 Å². The molecule has 7 rings (SSSR count). The normalized spacial score (nSPS) is 37.0. The maximum Gasteiger partial charge on any atom is 0.508 e. The highest BCUT2D eigenvalue weighted by Crippen LogP contribution is 2.61. The molecule has 2 aromatic rings. The van der Waals surface area contributed by atoms with Crippen LogP contribution in [-0.2, 0) is 14.2 Å². The molecule has 196 valence electrons. The minimum absolute atomic E-state index is 0.0770. The fraction of sp³-hybridized carbons (Fsp3) is 0.760. The highest BCUT2D eigenvalue weighted by molar-refractivity contribution is 5.81. The van der Waals surface area contributed by atoms with E-state index in [-0.39, 0.29) is 30.0 Å². The molecule has 10 nitrogen and oxygen atoms in total. The average molecular weight is 504 g/mol. The molecule has 1 aliphatic heterocycles. The van der Waals surface area contributed by atoms with Crippen LogP contribution in [0.4, 0.5) is 15.0 Å². The number of aromatic nitrogens is 4. The number of aliphatic hydroxyl groups excluding tert-OH is 1. The zero-order valence-corrected chi connectivity index (χ0v) is 20.6. The monoisotopic (exact) mass is 503 g/mol. The van der Waals surface area contributed by atoms with Crippen LogP contribution in [0.3, 0.4) is 0 Å². The van der Waals surface area contributed by atoms with Crippen LogP contribution in [0, 0.1) is 29.2 Å². The number of fused-ring (bicyclic) bond motifs is 1. The molecule has 5 fully saturated rings. The number of nitrogen functional groups attached to an aromatic ring is 1. The van der Waals surface area contributed by atoms with Crippen LogP contribution in [0.25, 0.3) is 11.2 Å². The van der Waals surface area contributed by atoms with Crippen molar-refractivity contribution in [2.45, 2.75) is 82.6 Å². The Balaban J connectivity index is 0.989. The van der Waals surface area contributed by atoms with Gasteiger partial charge in [0.15, 0.2) is 17.0 Å². The van der Waals surface area contributed by atoms with Gasteiger partial charge in [0.2, 0.25) is 0 Å². The topological polar surface area (TPSA) is 135 Å². The molecular formula is C25H34FN5O5. The summed E-state index contributed by atoms with van der Waals surface area (Å²) in [5.74, 6) is 2.66. The van der Waals surface area contributed by atoms with Crippen molar-refractivity contribution < 1.29 is 28.5 Å². The number of carbonyl (C=O) groups excluding carboxylic acids is 1. The molecular weight excluding hydrogens is 469 g/mol. The Morgan fingerprint density at radius 2 is 1.89 bits per heavy atom. The molecule has 0 aromatic carbocycles. The van der Waals surface area contributed by atoms with Crippen LogP contribution in [0.15, 0.2) is 6.33 Å². The van der Waals surface area contributed by atoms with Crippen molar-refractivity contribution in [2.24, 2.45) is 23.2 Å². The lowest BCUT2D eigenvalue weighted by Gasteiger charge is -2.57. The van der Waals surface area contributed by atoms with Crippen molar-refractivity contribution in [1.29, 1.82) is 0 Å². The molecule has 4 aliphatic carbocycles. The van der Waals surface area contributed by atoms with Crippen LogP contribution in [0.2, 0.25) is 0 Å². The van der Waals surface area contributed by atoms with Gasteiger partial charge >= 0.3 is 12.2 Å². The number of nitrogens with two attached hydrogens (primary N) is 1. The molecule has 3 heterocycles. The molecule has 2 aromatic heterocycles. The number of nitrogens with zero attached hydrogens (tertiary/aromatic N) is 4. The number of halogens is 1. The Labute approximate surface area is 208 Å². The van der Waals surface area contributed by atoms with Crippen LogP contribution >= 0.6 is 0 Å². The van der Waals surface area contributed by atoms with E-state index in [1.54, 1.807) is 6.92 Å². The van der Waals surface area contributed by atoms with Crippen molar-refractivity contribution in [1.82, 2.24) is 19.5 Å². The lowest BCUT2D eigenvalue weighted by molar-refractivity contribution is -0.122. The van der Waals surface area contributed by atoms with Gasteiger partial charge in [-0.2, -0.15) is 14.4 Å². The van der Waals surface area contributed by atoms with Crippen LogP contribution < -0.4 is 5.73 Å². The van der Waals surface area contributed by atoms with Crippen LogP contribution in [0.1, 0.15) is 70.9 Å². The van der Waals surface area contributed by atoms with Crippen molar-refractivity contribution in [3.8, 4) is 0 Å². The summed E-state index contributed by atoms with van der Waals surface area (Å²) in [6.07, 6.45) is 8.47. The van der Waals surface area contributed by atoms with E-state index >= 15 is 0 Å². The number of hydrogen-bond acceptors (Lipinski definition) is 9. The Hall–Kier alpha value is -2.53. The number of ether oxygens (including phenoxy) is 3. The SMILES string of the molecule is C[C@]1(COC(=O)OCCCC23CC4CC(CC(C4)C2)C3)O[C@@H](n2cnc3c(N)nc(F)nc32)C[C@@H]1O. The molecule has 4 saturated carbocycles. The van der Waals surface area contributed by atoms with Gasteiger partial charge in [-0.3, -0.25) is 4.57 Å². The fourth-order valence-corrected chi connectivity index (χ4v) is 7.74. The molecule has 1 saturated heterocycles. The molecule has 11 heteroatoms. The molecule has 0 radical (unpaired) electrons. The van der Waals surface area contributed by atoms with Gasteiger partial charge in [0.25, 0.3) is 0 Å². The van der Waals surface area contributed by atoms with Crippen molar-refractivity contribution >= 4 is 23.1 Å². The number of imidazole rings is 1. The summed E-state index contributed by atoms with van der Waals surface area (Å²) in [7, 11) is 0. The fourth-order valence-electron chi connectivity index (χ4n) is 7.74. The van der Waals surface area contributed by atoms with E-state index in [1.165, 1.54) is 49.4 Å². The minimum atomic E-state index is -1.17. The lowest BCUT2D eigenvalue weighted by atomic mass is 9.48. The smallest absolute Gasteiger partial charge is 0.434 e. The third kappa shape index (κ3) is 4.30. The highest BCUT2D eigenvalue weighted by atomic mass is 19.1. The second-order valence-electron chi connectivity index (χ2n) is 11.7. The van der Waals surface area contributed by atoms with Gasteiger partial charge in [-0.05, 0) is 81.5 Å². The predicted octanol–water partition coefficient (Wildman–Crippen LogP) is 3.74. The largest absolute Gasteiger partial charge is 0.508 e. The Bertz CT molecular complexity index is 1120. The lowest BCUT2D eigenvalue weighted by Crippen LogP contribution is -2.46. The first-order valence-corrected chi connectivity index (χ1v) is 13.0. The van der Waals surface area contributed by atoms with Crippen molar-refractivity contribution in [3.05, 3.63) is 12.4 Å². The maximum absolute atomic E-state index is 13.7. The first-order chi connectivity index (χ1) is 17.2. The molecule has 0 amide bonds. The summed E-state index contributed by atoms with van der Waals surface area (Å²) in [4.78, 5) is 23.6.